The van der Waals surface area contributed by atoms with Crippen molar-refractivity contribution in [1.82, 2.24) is 30.0 Å². The van der Waals surface area contributed by atoms with Gasteiger partial charge in [0.15, 0.2) is 18.4 Å². The number of aliphatic carboxylic acids is 2. The molecule has 0 unspecified atom stereocenters. The van der Waals surface area contributed by atoms with E-state index in [4.69, 9.17) is 28.4 Å². The topological polar surface area (TPSA) is 191 Å². The summed E-state index contributed by atoms with van der Waals surface area (Å²) in [6.45, 7) is 0.370. The molecule has 4 aromatic carbocycles. The van der Waals surface area contributed by atoms with E-state index < -0.39 is 54.7 Å². The molecule has 2 N–H and O–H groups in total. The second-order valence-corrected chi connectivity index (χ2v) is 14.6. The van der Waals surface area contributed by atoms with Crippen LogP contribution in [0.1, 0.15) is 45.7 Å². The van der Waals surface area contributed by atoms with Crippen LogP contribution in [0.5, 0.6) is 0 Å². The number of carbonyl (C=O) groups is 2. The number of hydrogen-bond donors (Lipinski definition) is 2. The van der Waals surface area contributed by atoms with Gasteiger partial charge >= 0.3 is 11.9 Å². The van der Waals surface area contributed by atoms with Crippen LogP contribution in [-0.2, 0) is 77.3 Å². The number of ether oxygens (including phenoxy) is 6. The van der Waals surface area contributed by atoms with Crippen molar-refractivity contribution in [1.29, 1.82) is 0 Å². The summed E-state index contributed by atoms with van der Waals surface area (Å²) in [5.41, 5.74) is 4.29. The van der Waals surface area contributed by atoms with Crippen LogP contribution in [0, 0.1) is 0 Å². The molecule has 1 fully saturated rings. The second kappa shape index (κ2) is 21.4. The van der Waals surface area contributed by atoms with Crippen molar-refractivity contribution in [3.63, 3.8) is 0 Å². The van der Waals surface area contributed by atoms with E-state index in [1.807, 2.05) is 121 Å². The fourth-order valence-corrected chi connectivity index (χ4v) is 7.09. The molecule has 3 heterocycles. The molecule has 61 heavy (non-hydrogen) atoms. The predicted octanol–water partition coefficient (Wildman–Crippen LogP) is 5.25. The van der Waals surface area contributed by atoms with Crippen molar-refractivity contribution in [3.8, 4) is 0 Å². The van der Waals surface area contributed by atoms with Crippen LogP contribution in [0.3, 0.4) is 0 Å². The van der Waals surface area contributed by atoms with Crippen LogP contribution in [-0.4, -0.2) is 96.6 Å². The first-order chi connectivity index (χ1) is 29.8. The summed E-state index contributed by atoms with van der Waals surface area (Å²) in [6, 6.07) is 35.9. The van der Waals surface area contributed by atoms with Gasteiger partial charge in [0.25, 0.3) is 0 Å². The molecule has 6 aromatic rings. The Labute approximate surface area is 352 Å². The number of methoxy groups -OCH3 is 1. The lowest BCUT2D eigenvalue weighted by atomic mass is 9.98. The lowest BCUT2D eigenvalue weighted by Crippen LogP contribution is -2.61. The maximum absolute atomic E-state index is 12.4. The Hall–Kier alpha value is -6.14. The summed E-state index contributed by atoms with van der Waals surface area (Å²) in [4.78, 5) is 24.8. The number of benzene rings is 4. The number of carboxylic acid groups (broad SMARTS) is 2. The van der Waals surface area contributed by atoms with Crippen LogP contribution in [0.2, 0.25) is 0 Å². The Morgan fingerprint density at radius 1 is 0.590 bits per heavy atom. The molecule has 2 aromatic heterocycles. The van der Waals surface area contributed by atoms with Gasteiger partial charge in [-0.3, -0.25) is 0 Å². The zero-order chi connectivity index (χ0) is 42.4. The van der Waals surface area contributed by atoms with Gasteiger partial charge in [-0.15, -0.1) is 10.2 Å². The van der Waals surface area contributed by atoms with Crippen molar-refractivity contribution in [2.75, 3.05) is 13.7 Å². The van der Waals surface area contributed by atoms with E-state index in [2.05, 4.69) is 20.6 Å². The molecule has 0 amide bonds. The van der Waals surface area contributed by atoms with Gasteiger partial charge in [0, 0.05) is 20.0 Å². The second-order valence-electron chi connectivity index (χ2n) is 14.6. The first kappa shape index (κ1) is 43.0. The molecule has 7 rings (SSSR count). The Bertz CT molecular complexity index is 2250. The Kier molecular flexibility index (Phi) is 15.1. The Morgan fingerprint density at radius 3 is 1.48 bits per heavy atom. The molecule has 1 saturated heterocycles. The standard InChI is InChI=1S/C45H48N6O10/c1-56-45-42(58-27-34-20-12-5-13-21-34)41(60-29-36-25-51(49-47-36)38(44(54)55)23-32-16-8-3-9-17-32)40(39(61-45)30-57-26-33-18-10-4-11-19-33)59-28-35-24-50(48-46-35)37(43(52)53)22-31-14-6-2-7-15-31/h2-21,24-25,37-42,45H,22-23,26-30H2,1H3,(H,52,53)(H,54,55)/t37-,38-,39+,40+,41-,42+,45-/m0/s1. The first-order valence-electron chi connectivity index (χ1n) is 19.9. The molecule has 1 aliphatic heterocycles. The minimum absolute atomic E-state index is 0.0749. The highest BCUT2D eigenvalue weighted by atomic mass is 16.7. The van der Waals surface area contributed by atoms with E-state index in [-0.39, 0.29) is 39.3 Å². The molecule has 0 saturated carbocycles. The molecule has 7 atom stereocenters. The van der Waals surface area contributed by atoms with Crippen molar-refractivity contribution in [2.24, 2.45) is 0 Å². The SMILES string of the molecule is CO[C@H]1O[C@H](COCc2ccccc2)[C@@H](OCc2cn([C@@H](Cc3ccccc3)C(=O)O)nn2)[C@H](OCc2cn([C@@H](Cc3ccccc3)C(=O)O)nn2)[C@H]1OCc1ccccc1. The zero-order valence-electron chi connectivity index (χ0n) is 33.5. The number of aromatic nitrogens is 6. The molecular weight excluding hydrogens is 785 g/mol. The highest BCUT2D eigenvalue weighted by Crippen LogP contribution is 2.31. The highest BCUT2D eigenvalue weighted by molar-refractivity contribution is 5.72. The fraction of sp³-hybridized carbons (Fsp3) is 0.333. The van der Waals surface area contributed by atoms with Gasteiger partial charge in [0.1, 0.15) is 35.8 Å². The average molecular weight is 833 g/mol. The molecule has 16 heteroatoms. The molecule has 0 aliphatic carbocycles. The quantitative estimate of drug-likeness (QED) is 0.0902. The minimum atomic E-state index is -1.05. The van der Waals surface area contributed by atoms with Crippen LogP contribution in [0.25, 0.3) is 0 Å². The maximum Gasteiger partial charge on any atom is 0.328 e. The molecule has 0 bridgehead atoms. The van der Waals surface area contributed by atoms with Gasteiger partial charge in [0.05, 0.1) is 45.4 Å². The number of carboxylic acids is 2. The van der Waals surface area contributed by atoms with E-state index in [1.54, 1.807) is 12.4 Å². The maximum atomic E-state index is 12.4. The monoisotopic (exact) mass is 832 g/mol. The minimum Gasteiger partial charge on any atom is -0.480 e. The van der Waals surface area contributed by atoms with Crippen molar-refractivity contribution < 1.29 is 48.2 Å². The molecular formula is C45H48N6O10. The lowest BCUT2D eigenvalue weighted by Gasteiger charge is -2.45. The normalized spacial score (nSPS) is 19.9. The summed E-state index contributed by atoms with van der Waals surface area (Å²) < 4.78 is 41.1. The largest absolute Gasteiger partial charge is 0.480 e. The van der Waals surface area contributed by atoms with Gasteiger partial charge in [-0.2, -0.15) is 0 Å². The zero-order valence-corrected chi connectivity index (χ0v) is 33.5. The van der Waals surface area contributed by atoms with E-state index in [1.165, 1.54) is 16.5 Å². The fourth-order valence-electron chi connectivity index (χ4n) is 7.09. The number of nitrogens with zero attached hydrogens (tertiary/aromatic N) is 6. The summed E-state index contributed by atoms with van der Waals surface area (Å²) in [7, 11) is 1.51. The van der Waals surface area contributed by atoms with Crippen molar-refractivity contribution >= 4 is 11.9 Å². The summed E-state index contributed by atoms with van der Waals surface area (Å²) >= 11 is 0. The van der Waals surface area contributed by atoms with Gasteiger partial charge in [-0.25, -0.2) is 19.0 Å². The lowest BCUT2D eigenvalue weighted by molar-refractivity contribution is -0.323. The Morgan fingerprint density at radius 2 is 1.02 bits per heavy atom. The summed E-state index contributed by atoms with van der Waals surface area (Å²) in [5.74, 6) is -2.11. The number of rotatable bonds is 22. The van der Waals surface area contributed by atoms with Gasteiger partial charge < -0.3 is 38.6 Å². The van der Waals surface area contributed by atoms with Crippen molar-refractivity contribution in [3.05, 3.63) is 167 Å². The molecule has 318 valence electrons. The van der Waals surface area contributed by atoms with E-state index >= 15 is 0 Å². The van der Waals surface area contributed by atoms with Crippen molar-refractivity contribution in [2.45, 2.75) is 82.1 Å². The van der Waals surface area contributed by atoms with Crippen LogP contribution in [0.15, 0.2) is 134 Å². The third-order valence-corrected chi connectivity index (χ3v) is 10.2. The third kappa shape index (κ3) is 11.8. The van der Waals surface area contributed by atoms with Gasteiger partial charge in [-0.1, -0.05) is 132 Å². The first-order valence-corrected chi connectivity index (χ1v) is 19.9. The van der Waals surface area contributed by atoms with Gasteiger partial charge in [-0.05, 0) is 22.3 Å². The molecule has 16 nitrogen and oxygen atoms in total. The highest BCUT2D eigenvalue weighted by Gasteiger charge is 2.49. The average Bonchev–Trinajstić information content (AvgIpc) is 3.97. The Balaban J connectivity index is 1.15. The molecule has 0 spiro atoms. The summed E-state index contributed by atoms with van der Waals surface area (Å²) in [6.07, 6.45) is -0.762. The smallest absolute Gasteiger partial charge is 0.328 e. The van der Waals surface area contributed by atoms with Crippen LogP contribution >= 0.6 is 0 Å². The van der Waals surface area contributed by atoms with Crippen LogP contribution < -0.4 is 0 Å². The van der Waals surface area contributed by atoms with Gasteiger partial charge in [0.2, 0.25) is 0 Å². The number of hydrogen-bond acceptors (Lipinski definition) is 12. The van der Waals surface area contributed by atoms with E-state index in [0.717, 1.165) is 22.3 Å². The molecule has 0 radical (unpaired) electrons. The predicted molar refractivity (Wildman–Crippen MR) is 218 cm³/mol. The van der Waals surface area contributed by atoms with E-state index in [0.29, 0.717) is 18.0 Å². The molecule has 1 aliphatic rings. The van der Waals surface area contributed by atoms with Crippen LogP contribution in [0.4, 0.5) is 0 Å². The summed E-state index contributed by atoms with van der Waals surface area (Å²) in [5, 5.41) is 37.1. The van der Waals surface area contributed by atoms with E-state index in [9.17, 15) is 19.8 Å². The third-order valence-electron chi connectivity index (χ3n) is 10.2.